The van der Waals surface area contributed by atoms with Gasteiger partial charge in [0, 0.05) is 19.6 Å². The summed E-state index contributed by atoms with van der Waals surface area (Å²) in [4.78, 5) is 13.1. The van der Waals surface area contributed by atoms with E-state index in [2.05, 4.69) is 4.90 Å². The Hall–Kier alpha value is -0.410. The summed E-state index contributed by atoms with van der Waals surface area (Å²) < 4.78 is 4.75. The molecule has 2 saturated heterocycles. The zero-order valence-electron chi connectivity index (χ0n) is 9.45. The van der Waals surface area contributed by atoms with Crippen LogP contribution in [0.3, 0.4) is 0 Å². The standard InChI is InChI=1S/C7H11NO.C4H10O/c9-7-4-6-2-1-3-8(6)5-7;1-4(2)5-3/h6H,1-5H2;4H,1-3H3. The van der Waals surface area contributed by atoms with Gasteiger partial charge in [-0.1, -0.05) is 0 Å². The number of fused-ring (bicyclic) bond motifs is 1. The molecule has 1 unspecified atom stereocenters. The number of hydrogen-bond acceptors (Lipinski definition) is 3. The number of nitrogens with zero attached hydrogens (tertiary/aromatic N) is 1. The van der Waals surface area contributed by atoms with Gasteiger partial charge in [-0.3, -0.25) is 9.69 Å². The number of hydrogen-bond donors (Lipinski definition) is 0. The van der Waals surface area contributed by atoms with E-state index in [-0.39, 0.29) is 0 Å². The first-order valence-electron chi connectivity index (χ1n) is 5.42. The average molecular weight is 199 g/mol. The van der Waals surface area contributed by atoms with Crippen LogP contribution in [0.1, 0.15) is 33.1 Å². The molecule has 0 amide bonds. The van der Waals surface area contributed by atoms with Crippen LogP contribution in [0.4, 0.5) is 0 Å². The van der Waals surface area contributed by atoms with Crippen molar-refractivity contribution in [2.75, 3.05) is 20.2 Å². The molecule has 1 atom stereocenters. The molecule has 0 aromatic carbocycles. The second-order valence-electron chi connectivity index (χ2n) is 4.29. The fourth-order valence-electron chi connectivity index (χ4n) is 1.89. The fraction of sp³-hybridized carbons (Fsp3) is 0.909. The van der Waals surface area contributed by atoms with Crippen LogP contribution in [0.15, 0.2) is 0 Å². The van der Waals surface area contributed by atoms with Crippen molar-refractivity contribution in [1.82, 2.24) is 4.90 Å². The molecule has 0 saturated carbocycles. The van der Waals surface area contributed by atoms with Gasteiger partial charge in [0.15, 0.2) is 0 Å². The van der Waals surface area contributed by atoms with E-state index in [9.17, 15) is 4.79 Å². The molecule has 2 aliphatic rings. The Balaban J connectivity index is 0.000000171. The third kappa shape index (κ3) is 3.39. The van der Waals surface area contributed by atoms with Gasteiger partial charge in [0.05, 0.1) is 12.6 Å². The lowest BCUT2D eigenvalue weighted by Crippen LogP contribution is -2.22. The first-order chi connectivity index (χ1) is 6.63. The third-order valence-electron chi connectivity index (χ3n) is 2.81. The van der Waals surface area contributed by atoms with E-state index < -0.39 is 0 Å². The van der Waals surface area contributed by atoms with Crippen molar-refractivity contribution >= 4 is 5.78 Å². The first kappa shape index (κ1) is 11.7. The minimum absolute atomic E-state index is 0.384. The zero-order chi connectivity index (χ0) is 10.6. The van der Waals surface area contributed by atoms with Crippen LogP contribution < -0.4 is 0 Å². The van der Waals surface area contributed by atoms with Gasteiger partial charge in [0.2, 0.25) is 0 Å². The largest absolute Gasteiger partial charge is 0.382 e. The highest BCUT2D eigenvalue weighted by molar-refractivity contribution is 5.83. The molecule has 2 fully saturated rings. The Morgan fingerprint density at radius 2 is 2.14 bits per heavy atom. The maximum absolute atomic E-state index is 10.8. The quantitative estimate of drug-likeness (QED) is 0.640. The molecule has 0 aliphatic carbocycles. The number of ether oxygens (including phenoxy) is 1. The van der Waals surface area contributed by atoms with Gasteiger partial charge in [0.1, 0.15) is 5.78 Å². The van der Waals surface area contributed by atoms with Crippen LogP contribution in [0.25, 0.3) is 0 Å². The van der Waals surface area contributed by atoms with E-state index in [4.69, 9.17) is 4.74 Å². The van der Waals surface area contributed by atoms with Crippen LogP contribution in [0.5, 0.6) is 0 Å². The van der Waals surface area contributed by atoms with Crippen LogP contribution in [-0.2, 0) is 9.53 Å². The van der Waals surface area contributed by atoms with Gasteiger partial charge >= 0.3 is 0 Å². The second kappa shape index (κ2) is 5.47. The van der Waals surface area contributed by atoms with Crippen molar-refractivity contribution < 1.29 is 9.53 Å². The smallest absolute Gasteiger partial charge is 0.148 e. The molecule has 0 aromatic rings. The molecule has 0 aromatic heterocycles. The minimum atomic E-state index is 0.384. The van der Waals surface area contributed by atoms with Gasteiger partial charge in [0.25, 0.3) is 0 Å². The zero-order valence-corrected chi connectivity index (χ0v) is 9.45. The van der Waals surface area contributed by atoms with E-state index in [1.54, 1.807) is 7.11 Å². The maximum Gasteiger partial charge on any atom is 0.148 e. The van der Waals surface area contributed by atoms with Crippen molar-refractivity contribution in [1.29, 1.82) is 0 Å². The number of ketones is 1. The molecular weight excluding hydrogens is 178 g/mol. The van der Waals surface area contributed by atoms with Crippen molar-refractivity contribution in [2.45, 2.75) is 45.3 Å². The van der Waals surface area contributed by atoms with Gasteiger partial charge in [-0.2, -0.15) is 0 Å². The summed E-state index contributed by atoms with van der Waals surface area (Å²) in [5, 5.41) is 0. The SMILES string of the molecule is COC(C)C.O=C1CC2CCCN2C1. The molecule has 82 valence electrons. The number of carbonyl (C=O) groups excluding carboxylic acids is 1. The van der Waals surface area contributed by atoms with Crippen LogP contribution in [-0.4, -0.2) is 43.0 Å². The second-order valence-corrected chi connectivity index (χ2v) is 4.29. The molecule has 2 aliphatic heterocycles. The Morgan fingerprint density at radius 1 is 1.50 bits per heavy atom. The molecule has 0 radical (unpaired) electrons. The number of Topliss-reactive ketones (excluding diaryl/α,β-unsaturated/α-hetero) is 1. The molecule has 3 heteroatoms. The Morgan fingerprint density at radius 3 is 2.64 bits per heavy atom. The summed E-state index contributed by atoms with van der Waals surface area (Å²) in [6, 6.07) is 0.637. The lowest BCUT2D eigenvalue weighted by molar-refractivity contribution is -0.117. The van der Waals surface area contributed by atoms with Crippen molar-refractivity contribution in [3.8, 4) is 0 Å². The lowest BCUT2D eigenvalue weighted by atomic mass is 10.1. The van der Waals surface area contributed by atoms with Gasteiger partial charge in [-0.05, 0) is 33.2 Å². The van der Waals surface area contributed by atoms with Crippen molar-refractivity contribution in [2.24, 2.45) is 0 Å². The molecule has 0 N–H and O–H groups in total. The van der Waals surface area contributed by atoms with E-state index >= 15 is 0 Å². The van der Waals surface area contributed by atoms with Gasteiger partial charge in [-0.15, -0.1) is 0 Å². The number of carbonyl (C=O) groups is 1. The van der Waals surface area contributed by atoms with Crippen molar-refractivity contribution in [3.05, 3.63) is 0 Å². The highest BCUT2D eigenvalue weighted by Gasteiger charge is 2.33. The van der Waals surface area contributed by atoms with E-state index in [1.165, 1.54) is 12.8 Å². The Labute approximate surface area is 86.4 Å². The van der Waals surface area contributed by atoms with E-state index in [0.29, 0.717) is 17.9 Å². The third-order valence-corrected chi connectivity index (χ3v) is 2.81. The summed E-state index contributed by atoms with van der Waals surface area (Å²) in [6.45, 7) is 5.90. The summed E-state index contributed by atoms with van der Waals surface area (Å²) in [5.74, 6) is 0.444. The minimum Gasteiger partial charge on any atom is -0.382 e. The monoisotopic (exact) mass is 199 g/mol. The topological polar surface area (TPSA) is 29.5 Å². The molecular formula is C11H21NO2. The molecule has 2 rings (SSSR count). The van der Waals surface area contributed by atoms with Crippen LogP contribution in [0, 0.1) is 0 Å². The molecule has 14 heavy (non-hydrogen) atoms. The molecule has 0 spiro atoms. The molecule has 3 nitrogen and oxygen atoms in total. The van der Waals surface area contributed by atoms with E-state index in [1.807, 2.05) is 13.8 Å². The highest BCUT2D eigenvalue weighted by atomic mass is 16.5. The summed E-state index contributed by atoms with van der Waals surface area (Å²) in [7, 11) is 1.70. The molecule has 2 heterocycles. The summed E-state index contributed by atoms with van der Waals surface area (Å²) >= 11 is 0. The molecule has 0 bridgehead atoms. The first-order valence-corrected chi connectivity index (χ1v) is 5.42. The van der Waals surface area contributed by atoms with E-state index in [0.717, 1.165) is 19.5 Å². The Bertz CT molecular complexity index is 178. The summed E-state index contributed by atoms with van der Waals surface area (Å²) in [5.41, 5.74) is 0. The Kier molecular flexibility index (Phi) is 4.55. The van der Waals surface area contributed by atoms with Crippen LogP contribution >= 0.6 is 0 Å². The van der Waals surface area contributed by atoms with Crippen molar-refractivity contribution in [3.63, 3.8) is 0 Å². The lowest BCUT2D eigenvalue weighted by Gasteiger charge is -2.10. The predicted octanol–water partition coefficient (Wildman–Crippen LogP) is 1.46. The number of methoxy groups -OCH3 is 1. The average Bonchev–Trinajstić information content (AvgIpc) is 2.64. The number of rotatable bonds is 1. The van der Waals surface area contributed by atoms with Crippen LogP contribution in [0.2, 0.25) is 0 Å². The predicted molar refractivity (Wildman–Crippen MR) is 56.4 cm³/mol. The normalized spacial score (nSPS) is 26.3. The highest BCUT2D eigenvalue weighted by Crippen LogP contribution is 2.24. The maximum atomic E-state index is 10.8. The van der Waals surface area contributed by atoms with Gasteiger partial charge in [-0.25, -0.2) is 0 Å². The van der Waals surface area contributed by atoms with Gasteiger partial charge < -0.3 is 4.74 Å². The summed E-state index contributed by atoms with van der Waals surface area (Å²) in [6.07, 6.45) is 3.78. The fourth-order valence-corrected chi connectivity index (χ4v) is 1.89.